The van der Waals surface area contributed by atoms with Gasteiger partial charge in [-0.1, -0.05) is 6.92 Å². The minimum Gasteiger partial charge on any atom is -0.326 e. The van der Waals surface area contributed by atoms with Gasteiger partial charge in [-0.25, -0.2) is 9.97 Å². The molecule has 1 aliphatic rings. The number of amides is 1. The number of thiazole rings is 1. The van der Waals surface area contributed by atoms with Gasteiger partial charge in [-0.3, -0.25) is 4.79 Å². The summed E-state index contributed by atoms with van der Waals surface area (Å²) in [6.45, 7) is 2.33. The van der Waals surface area contributed by atoms with Crippen molar-refractivity contribution in [2.24, 2.45) is 0 Å². The molecule has 0 radical (unpaired) electrons. The van der Waals surface area contributed by atoms with E-state index in [1.54, 1.807) is 17.5 Å². The van der Waals surface area contributed by atoms with E-state index in [-0.39, 0.29) is 5.91 Å². The van der Waals surface area contributed by atoms with Crippen LogP contribution in [-0.2, 0) is 30.6 Å². The molecule has 2 aromatic rings. The third-order valence-electron chi connectivity index (χ3n) is 3.27. The molecule has 1 N–H and O–H groups in total. The molecule has 6 heteroatoms. The number of aryl methyl sites for hydroxylation is 3. The molecule has 0 saturated carbocycles. The summed E-state index contributed by atoms with van der Waals surface area (Å²) in [6.07, 6.45) is 7.72. The highest BCUT2D eigenvalue weighted by Gasteiger charge is 2.17. The van der Waals surface area contributed by atoms with E-state index in [0.717, 1.165) is 35.9 Å². The molecule has 2 aromatic heterocycles. The lowest BCUT2D eigenvalue weighted by molar-refractivity contribution is -0.116. The predicted molar refractivity (Wildman–Crippen MR) is 74.4 cm³/mol. The number of aromatic nitrogens is 3. The molecular weight excluding hydrogens is 260 g/mol. The lowest BCUT2D eigenvalue weighted by Gasteiger charge is -2.05. The third kappa shape index (κ3) is 2.53. The van der Waals surface area contributed by atoms with Crippen molar-refractivity contribution in [2.45, 2.75) is 39.2 Å². The Balaban J connectivity index is 1.65. The van der Waals surface area contributed by atoms with Gasteiger partial charge in [0.1, 0.15) is 12.4 Å². The Hall–Kier alpha value is -1.69. The van der Waals surface area contributed by atoms with E-state index in [1.807, 2.05) is 17.7 Å². The zero-order valence-corrected chi connectivity index (χ0v) is 11.7. The van der Waals surface area contributed by atoms with Crippen molar-refractivity contribution in [2.75, 3.05) is 5.32 Å². The van der Waals surface area contributed by atoms with Crippen LogP contribution in [0.15, 0.2) is 12.4 Å². The molecule has 3 rings (SSSR count). The number of nitrogens with zero attached hydrogens (tertiary/aromatic N) is 3. The van der Waals surface area contributed by atoms with Crippen LogP contribution in [0.2, 0.25) is 0 Å². The summed E-state index contributed by atoms with van der Waals surface area (Å²) in [5.41, 5.74) is 1.16. The number of fused-ring (bicyclic) bond motifs is 1. The minimum absolute atomic E-state index is 0.0416. The largest absolute Gasteiger partial charge is 0.326 e. The fourth-order valence-corrected chi connectivity index (χ4v) is 3.42. The fourth-order valence-electron chi connectivity index (χ4n) is 2.36. The smallest absolute Gasteiger partial charge is 0.246 e. The van der Waals surface area contributed by atoms with E-state index in [4.69, 9.17) is 0 Å². The van der Waals surface area contributed by atoms with Crippen LogP contribution < -0.4 is 5.32 Å². The molecule has 1 aliphatic carbocycles. The Morgan fingerprint density at radius 3 is 3.21 bits per heavy atom. The quantitative estimate of drug-likeness (QED) is 0.929. The molecule has 2 heterocycles. The highest BCUT2D eigenvalue weighted by Crippen LogP contribution is 2.30. The van der Waals surface area contributed by atoms with Crippen molar-refractivity contribution in [1.29, 1.82) is 0 Å². The van der Waals surface area contributed by atoms with Gasteiger partial charge in [-0.05, 0) is 19.3 Å². The van der Waals surface area contributed by atoms with E-state index in [1.165, 1.54) is 11.3 Å². The number of carbonyl (C=O) groups is 1. The normalized spacial score (nSPS) is 13.5. The Morgan fingerprint density at radius 1 is 1.53 bits per heavy atom. The number of imidazole rings is 1. The van der Waals surface area contributed by atoms with Gasteiger partial charge in [0.2, 0.25) is 5.91 Å². The van der Waals surface area contributed by atoms with Gasteiger partial charge in [0.25, 0.3) is 0 Å². The lowest BCUT2D eigenvalue weighted by atomic mass is 10.4. The molecule has 0 aromatic carbocycles. The standard InChI is InChI=1S/C13H16N4OS/c1-2-11-14-6-7-17(11)8-12(18)16-13-15-9-4-3-5-10(9)19-13/h6-7H,2-5,8H2,1H3,(H,15,16,18). The second-order valence-corrected chi connectivity index (χ2v) is 5.70. The summed E-state index contributed by atoms with van der Waals surface area (Å²) in [5, 5.41) is 3.61. The van der Waals surface area contributed by atoms with E-state index in [0.29, 0.717) is 6.54 Å². The first-order valence-corrected chi connectivity index (χ1v) is 7.36. The van der Waals surface area contributed by atoms with Gasteiger partial charge in [0.05, 0.1) is 5.69 Å². The number of hydrogen-bond donors (Lipinski definition) is 1. The van der Waals surface area contributed by atoms with Gasteiger partial charge < -0.3 is 9.88 Å². The van der Waals surface area contributed by atoms with Crippen molar-refractivity contribution in [3.8, 4) is 0 Å². The first-order valence-electron chi connectivity index (χ1n) is 6.54. The van der Waals surface area contributed by atoms with E-state index in [9.17, 15) is 4.79 Å². The van der Waals surface area contributed by atoms with E-state index in [2.05, 4.69) is 15.3 Å². The first kappa shape index (κ1) is 12.3. The molecule has 0 spiro atoms. The van der Waals surface area contributed by atoms with Crippen molar-refractivity contribution in [3.63, 3.8) is 0 Å². The van der Waals surface area contributed by atoms with Crippen LogP contribution in [0.4, 0.5) is 5.13 Å². The fraction of sp³-hybridized carbons (Fsp3) is 0.462. The minimum atomic E-state index is -0.0416. The Morgan fingerprint density at radius 2 is 2.42 bits per heavy atom. The Kier molecular flexibility index (Phi) is 3.33. The zero-order valence-electron chi connectivity index (χ0n) is 10.8. The van der Waals surface area contributed by atoms with Crippen LogP contribution in [0.3, 0.4) is 0 Å². The van der Waals surface area contributed by atoms with Crippen LogP contribution >= 0.6 is 11.3 Å². The number of anilines is 1. The maximum atomic E-state index is 12.0. The van der Waals surface area contributed by atoms with Crippen LogP contribution in [0.5, 0.6) is 0 Å². The molecule has 0 unspecified atom stereocenters. The van der Waals surface area contributed by atoms with Gasteiger partial charge in [-0.15, -0.1) is 11.3 Å². The monoisotopic (exact) mass is 276 g/mol. The summed E-state index contributed by atoms with van der Waals surface area (Å²) >= 11 is 1.60. The number of nitrogens with one attached hydrogen (secondary N) is 1. The average molecular weight is 276 g/mol. The maximum absolute atomic E-state index is 12.0. The van der Waals surface area contributed by atoms with Gasteiger partial charge in [0.15, 0.2) is 5.13 Å². The van der Waals surface area contributed by atoms with Crippen molar-refractivity contribution in [1.82, 2.24) is 14.5 Å². The zero-order chi connectivity index (χ0) is 13.2. The van der Waals surface area contributed by atoms with Crippen LogP contribution in [0, 0.1) is 0 Å². The van der Waals surface area contributed by atoms with Gasteiger partial charge >= 0.3 is 0 Å². The molecule has 0 atom stereocenters. The van der Waals surface area contributed by atoms with Gasteiger partial charge in [-0.2, -0.15) is 0 Å². The Labute approximate surface area is 115 Å². The lowest BCUT2D eigenvalue weighted by Crippen LogP contribution is -2.19. The van der Waals surface area contributed by atoms with Crippen molar-refractivity contribution in [3.05, 3.63) is 28.8 Å². The van der Waals surface area contributed by atoms with E-state index >= 15 is 0 Å². The summed E-state index contributed by atoms with van der Waals surface area (Å²) < 4.78 is 1.87. The Bertz CT molecular complexity index is 580. The number of rotatable bonds is 4. The molecule has 19 heavy (non-hydrogen) atoms. The van der Waals surface area contributed by atoms with Gasteiger partial charge in [0, 0.05) is 23.7 Å². The van der Waals surface area contributed by atoms with Crippen molar-refractivity contribution < 1.29 is 4.79 Å². The van der Waals surface area contributed by atoms with Crippen LogP contribution in [-0.4, -0.2) is 20.4 Å². The SMILES string of the molecule is CCc1nccn1CC(=O)Nc1nc2c(s1)CCC2. The second-order valence-electron chi connectivity index (χ2n) is 4.62. The van der Waals surface area contributed by atoms with Crippen molar-refractivity contribution >= 4 is 22.4 Å². The van der Waals surface area contributed by atoms with Crippen LogP contribution in [0.1, 0.15) is 29.7 Å². The second kappa shape index (κ2) is 5.13. The number of carbonyl (C=O) groups excluding carboxylic acids is 1. The number of hydrogen-bond acceptors (Lipinski definition) is 4. The molecule has 100 valence electrons. The molecule has 0 fully saturated rings. The highest BCUT2D eigenvalue weighted by molar-refractivity contribution is 7.15. The molecule has 0 bridgehead atoms. The van der Waals surface area contributed by atoms with E-state index < -0.39 is 0 Å². The average Bonchev–Trinajstić information content (AvgIpc) is 3.03. The molecule has 1 amide bonds. The first-order chi connectivity index (χ1) is 9.26. The predicted octanol–water partition coefficient (Wildman–Crippen LogP) is 2.03. The highest BCUT2D eigenvalue weighted by atomic mass is 32.1. The molecule has 0 aliphatic heterocycles. The summed E-state index contributed by atoms with van der Waals surface area (Å²) in [5.74, 6) is 0.886. The topological polar surface area (TPSA) is 59.8 Å². The van der Waals surface area contributed by atoms with Crippen LogP contribution in [0.25, 0.3) is 0 Å². The summed E-state index contributed by atoms with van der Waals surface area (Å²) in [4.78, 5) is 22.0. The maximum Gasteiger partial charge on any atom is 0.246 e. The summed E-state index contributed by atoms with van der Waals surface area (Å²) in [7, 11) is 0. The summed E-state index contributed by atoms with van der Waals surface area (Å²) in [6, 6.07) is 0. The molecule has 5 nitrogen and oxygen atoms in total. The molecular formula is C13H16N4OS. The third-order valence-corrected chi connectivity index (χ3v) is 4.35. The molecule has 0 saturated heterocycles.